The van der Waals surface area contributed by atoms with Crippen LogP contribution in [0.4, 0.5) is 0 Å². The molecule has 1 heterocycles. The molecule has 1 aliphatic heterocycles. The molecule has 5 nitrogen and oxygen atoms in total. The van der Waals surface area contributed by atoms with E-state index in [2.05, 4.69) is 0 Å². The summed E-state index contributed by atoms with van der Waals surface area (Å²) in [6.45, 7) is 0.172. The van der Waals surface area contributed by atoms with Gasteiger partial charge in [0.05, 0.1) is 11.6 Å². The normalized spacial score (nSPS) is 12.1. The molecular weight excluding hydrogens is 282 g/mol. The van der Waals surface area contributed by atoms with Gasteiger partial charge in [0.25, 0.3) is 0 Å². The van der Waals surface area contributed by atoms with Crippen LogP contribution >= 0.6 is 0 Å². The van der Waals surface area contributed by atoms with Crippen LogP contribution in [0.3, 0.4) is 0 Å². The highest BCUT2D eigenvalue weighted by Gasteiger charge is 2.14. The summed E-state index contributed by atoms with van der Waals surface area (Å²) in [5.74, 6) is 1.08. The molecule has 0 saturated carbocycles. The number of carbonyl (C=O) groups excluding carboxylic acids is 1. The lowest BCUT2D eigenvalue weighted by Gasteiger charge is -2.02. The van der Waals surface area contributed by atoms with Gasteiger partial charge in [-0.1, -0.05) is 12.1 Å². The van der Waals surface area contributed by atoms with Crippen molar-refractivity contribution < 1.29 is 19.0 Å². The number of rotatable bonds is 3. The Kier molecular flexibility index (Phi) is 3.75. The highest BCUT2D eigenvalue weighted by Crippen LogP contribution is 2.35. The highest BCUT2D eigenvalue weighted by molar-refractivity contribution is 5.88. The topological polar surface area (TPSA) is 68.6 Å². The van der Waals surface area contributed by atoms with Gasteiger partial charge in [-0.3, -0.25) is 0 Å². The van der Waals surface area contributed by atoms with Crippen LogP contribution in [-0.4, -0.2) is 12.8 Å². The third kappa shape index (κ3) is 3.07. The van der Waals surface area contributed by atoms with Gasteiger partial charge < -0.3 is 14.2 Å². The Bertz CT molecular complexity index is 772. The molecule has 0 radical (unpaired) electrons. The minimum Gasteiger partial charge on any atom is -0.454 e. The van der Waals surface area contributed by atoms with Crippen LogP contribution < -0.4 is 14.2 Å². The third-order valence-electron chi connectivity index (χ3n) is 3.01. The molecule has 0 aromatic heterocycles. The summed E-state index contributed by atoms with van der Waals surface area (Å²) in [5.41, 5.74) is 1.38. The van der Waals surface area contributed by atoms with Crippen LogP contribution in [0, 0.1) is 11.3 Å². The van der Waals surface area contributed by atoms with Gasteiger partial charge in [-0.25, -0.2) is 4.79 Å². The Morgan fingerprint density at radius 2 is 1.91 bits per heavy atom. The number of nitrogens with zero attached hydrogens (tertiary/aromatic N) is 1. The molecule has 3 rings (SSSR count). The van der Waals surface area contributed by atoms with Gasteiger partial charge in [-0.15, -0.1) is 0 Å². The second kappa shape index (κ2) is 6.02. The Hall–Kier alpha value is -3.26. The Morgan fingerprint density at radius 3 is 2.68 bits per heavy atom. The zero-order chi connectivity index (χ0) is 15.4. The van der Waals surface area contributed by atoms with Gasteiger partial charge >= 0.3 is 5.97 Å². The molecular formula is C17H11NO4. The number of hydrogen-bond acceptors (Lipinski definition) is 5. The van der Waals surface area contributed by atoms with Crippen molar-refractivity contribution in [3.05, 3.63) is 59.7 Å². The zero-order valence-electron chi connectivity index (χ0n) is 11.5. The van der Waals surface area contributed by atoms with Gasteiger partial charge in [0.1, 0.15) is 5.75 Å². The van der Waals surface area contributed by atoms with Crippen LogP contribution in [-0.2, 0) is 4.79 Å². The van der Waals surface area contributed by atoms with E-state index in [1.165, 1.54) is 6.08 Å². The van der Waals surface area contributed by atoms with E-state index < -0.39 is 5.97 Å². The van der Waals surface area contributed by atoms with Crippen LogP contribution in [0.5, 0.6) is 17.2 Å². The number of nitriles is 1. The summed E-state index contributed by atoms with van der Waals surface area (Å²) in [4.78, 5) is 11.8. The van der Waals surface area contributed by atoms with Gasteiger partial charge in [-0.05, 0) is 35.9 Å². The lowest BCUT2D eigenvalue weighted by Crippen LogP contribution is -2.03. The standard InChI is InChI=1S/C17H11NO4/c18-10-13-3-1-12(2-4-13)5-8-17(19)22-14-6-7-15-16(9-14)21-11-20-15/h1-9H,11H2/b8-5+. The van der Waals surface area contributed by atoms with E-state index in [0.717, 1.165) is 5.56 Å². The smallest absolute Gasteiger partial charge is 0.336 e. The molecule has 0 unspecified atom stereocenters. The summed E-state index contributed by atoms with van der Waals surface area (Å²) in [7, 11) is 0. The van der Waals surface area contributed by atoms with Gasteiger partial charge in [0.15, 0.2) is 11.5 Å². The molecule has 0 saturated heterocycles. The van der Waals surface area contributed by atoms with E-state index in [-0.39, 0.29) is 6.79 Å². The number of ether oxygens (including phenoxy) is 3. The highest BCUT2D eigenvalue weighted by atomic mass is 16.7. The average molecular weight is 293 g/mol. The molecule has 108 valence electrons. The molecule has 0 atom stereocenters. The molecule has 0 aliphatic carbocycles. The maximum atomic E-state index is 11.8. The quantitative estimate of drug-likeness (QED) is 0.494. The minimum atomic E-state index is -0.497. The molecule has 2 aromatic rings. The number of carbonyl (C=O) groups is 1. The van der Waals surface area contributed by atoms with Crippen LogP contribution in [0.15, 0.2) is 48.5 Å². The molecule has 0 N–H and O–H groups in total. The van der Waals surface area contributed by atoms with E-state index in [4.69, 9.17) is 19.5 Å². The molecule has 0 fully saturated rings. The fraction of sp³-hybridized carbons (Fsp3) is 0.0588. The van der Waals surface area contributed by atoms with Crippen molar-refractivity contribution in [2.45, 2.75) is 0 Å². The lowest BCUT2D eigenvalue weighted by atomic mass is 10.1. The summed E-state index contributed by atoms with van der Waals surface area (Å²) in [6, 6.07) is 13.8. The first-order chi connectivity index (χ1) is 10.7. The van der Waals surface area contributed by atoms with Crippen molar-refractivity contribution in [3.63, 3.8) is 0 Å². The maximum Gasteiger partial charge on any atom is 0.336 e. The Morgan fingerprint density at radius 1 is 1.14 bits per heavy atom. The van der Waals surface area contributed by atoms with E-state index >= 15 is 0 Å². The van der Waals surface area contributed by atoms with Gasteiger partial charge in [0, 0.05) is 12.1 Å². The summed E-state index contributed by atoms with van der Waals surface area (Å²) in [6.07, 6.45) is 2.95. The monoisotopic (exact) mass is 293 g/mol. The lowest BCUT2D eigenvalue weighted by molar-refractivity contribution is -0.128. The summed E-state index contributed by atoms with van der Waals surface area (Å²) >= 11 is 0. The van der Waals surface area contributed by atoms with Crippen LogP contribution in [0.1, 0.15) is 11.1 Å². The first kappa shape index (κ1) is 13.7. The molecule has 2 aromatic carbocycles. The third-order valence-corrected chi connectivity index (χ3v) is 3.01. The Balaban J connectivity index is 1.64. The van der Waals surface area contributed by atoms with Crippen molar-refractivity contribution in [2.75, 3.05) is 6.79 Å². The predicted molar refractivity (Wildman–Crippen MR) is 78.4 cm³/mol. The zero-order valence-corrected chi connectivity index (χ0v) is 11.5. The Labute approximate surface area is 127 Å². The molecule has 0 spiro atoms. The largest absolute Gasteiger partial charge is 0.454 e. The summed E-state index contributed by atoms with van der Waals surface area (Å²) in [5, 5.41) is 8.72. The molecule has 1 aliphatic rings. The fourth-order valence-corrected chi connectivity index (χ4v) is 1.92. The second-order valence-corrected chi connectivity index (χ2v) is 4.50. The van der Waals surface area contributed by atoms with Gasteiger partial charge in [0.2, 0.25) is 6.79 Å². The van der Waals surface area contributed by atoms with E-state index in [0.29, 0.717) is 22.8 Å². The molecule has 0 bridgehead atoms. The number of esters is 1. The predicted octanol–water partition coefficient (Wildman–Crippen LogP) is 2.91. The van der Waals surface area contributed by atoms with E-state index in [1.807, 2.05) is 6.07 Å². The summed E-state index contributed by atoms with van der Waals surface area (Å²) < 4.78 is 15.6. The molecule has 5 heteroatoms. The van der Waals surface area contributed by atoms with E-state index in [9.17, 15) is 4.79 Å². The van der Waals surface area contributed by atoms with Crippen molar-refractivity contribution in [2.24, 2.45) is 0 Å². The molecule has 22 heavy (non-hydrogen) atoms. The number of fused-ring (bicyclic) bond motifs is 1. The first-order valence-electron chi connectivity index (χ1n) is 6.54. The van der Waals surface area contributed by atoms with Crippen LogP contribution in [0.25, 0.3) is 6.08 Å². The molecule has 0 amide bonds. The second-order valence-electron chi connectivity index (χ2n) is 4.50. The number of hydrogen-bond donors (Lipinski definition) is 0. The maximum absolute atomic E-state index is 11.8. The van der Waals surface area contributed by atoms with Crippen molar-refractivity contribution in [1.29, 1.82) is 5.26 Å². The van der Waals surface area contributed by atoms with Gasteiger partial charge in [-0.2, -0.15) is 5.26 Å². The first-order valence-corrected chi connectivity index (χ1v) is 6.54. The average Bonchev–Trinajstić information content (AvgIpc) is 3.01. The van der Waals surface area contributed by atoms with Crippen molar-refractivity contribution >= 4 is 12.0 Å². The number of benzene rings is 2. The fourth-order valence-electron chi connectivity index (χ4n) is 1.92. The van der Waals surface area contributed by atoms with Crippen molar-refractivity contribution in [1.82, 2.24) is 0 Å². The van der Waals surface area contributed by atoms with Crippen LogP contribution in [0.2, 0.25) is 0 Å². The minimum absolute atomic E-state index is 0.172. The van der Waals surface area contributed by atoms with E-state index in [1.54, 1.807) is 48.5 Å². The van der Waals surface area contributed by atoms with Crippen molar-refractivity contribution in [3.8, 4) is 23.3 Å². The SMILES string of the molecule is N#Cc1ccc(/C=C/C(=O)Oc2ccc3c(c2)OCO3)cc1.